The number of rotatable bonds is 18. The van der Waals surface area contributed by atoms with Crippen LogP contribution in [0.4, 0.5) is 0 Å². The van der Waals surface area contributed by atoms with Crippen LogP contribution in [-0.4, -0.2) is 0 Å². The van der Waals surface area contributed by atoms with Gasteiger partial charge in [-0.2, -0.15) is 0 Å². The van der Waals surface area contributed by atoms with Gasteiger partial charge in [0.15, 0.2) is 0 Å². The second-order valence-electron chi connectivity index (χ2n) is 7.34. The molecule has 0 spiro atoms. The quantitative estimate of drug-likeness (QED) is 0.223. The topological polar surface area (TPSA) is 0 Å². The van der Waals surface area contributed by atoms with Crippen molar-refractivity contribution in [1.82, 2.24) is 0 Å². The number of hydrogen-bond donors (Lipinski definition) is 0. The fourth-order valence-corrected chi connectivity index (χ4v) is 3.25. The lowest BCUT2D eigenvalue weighted by Crippen LogP contribution is -1.94. The summed E-state index contributed by atoms with van der Waals surface area (Å²) in [7, 11) is 0. The van der Waals surface area contributed by atoms with Crippen LogP contribution in [0.5, 0.6) is 0 Å². The van der Waals surface area contributed by atoms with Gasteiger partial charge in [-0.1, -0.05) is 136 Å². The molecule has 0 saturated carbocycles. The van der Waals surface area contributed by atoms with Gasteiger partial charge in [-0.3, -0.25) is 0 Å². The summed E-state index contributed by atoms with van der Waals surface area (Å²) in [5, 5.41) is 0. The summed E-state index contributed by atoms with van der Waals surface area (Å²) in [6, 6.07) is 0. The maximum Gasteiger partial charge on any atom is -0.0443 e. The van der Waals surface area contributed by atoms with E-state index in [9.17, 15) is 0 Å². The lowest BCUT2D eigenvalue weighted by Gasteiger charge is -2.10. The van der Waals surface area contributed by atoms with Gasteiger partial charge in [0.05, 0.1) is 0 Å². The van der Waals surface area contributed by atoms with E-state index in [0.29, 0.717) is 0 Å². The first-order chi connectivity index (χ1) is 10.8. The Labute approximate surface area is 142 Å². The molecule has 0 aliphatic carbocycles. The fraction of sp³-hybridized carbons (Fsp3) is 0.909. The highest BCUT2D eigenvalue weighted by atomic mass is 14.1. The third-order valence-electron chi connectivity index (χ3n) is 4.89. The third-order valence-corrected chi connectivity index (χ3v) is 4.89. The van der Waals surface area contributed by atoms with E-state index in [-0.39, 0.29) is 0 Å². The molecule has 0 bridgehead atoms. The van der Waals surface area contributed by atoms with E-state index < -0.39 is 0 Å². The molecule has 0 aromatic rings. The van der Waals surface area contributed by atoms with E-state index >= 15 is 0 Å². The van der Waals surface area contributed by atoms with Crippen LogP contribution >= 0.6 is 0 Å². The van der Waals surface area contributed by atoms with Crippen molar-refractivity contribution in [1.29, 1.82) is 0 Å². The van der Waals surface area contributed by atoms with E-state index in [0.717, 1.165) is 18.8 Å². The summed E-state index contributed by atoms with van der Waals surface area (Å²) in [4.78, 5) is 0. The predicted molar refractivity (Wildman–Crippen MR) is 103 cm³/mol. The molecule has 1 unspecified atom stereocenters. The number of hydrogen-bond acceptors (Lipinski definition) is 0. The lowest BCUT2D eigenvalue weighted by molar-refractivity contribution is 0.437. The molecular weight excluding hydrogens is 264 g/mol. The molecule has 0 nitrogen and oxygen atoms in total. The molecule has 0 aromatic carbocycles. The Kier molecular flexibility index (Phi) is 19.0. The molecule has 0 aliphatic heterocycles. The van der Waals surface area contributed by atoms with Crippen molar-refractivity contribution in [2.45, 2.75) is 122 Å². The predicted octanol–water partition coefficient (Wildman–Crippen LogP) is 8.31. The fourth-order valence-electron chi connectivity index (χ4n) is 3.25. The van der Waals surface area contributed by atoms with Crippen LogP contribution in [-0.2, 0) is 0 Å². The first kappa shape index (κ1) is 22.0. The maximum absolute atomic E-state index is 3.92. The van der Waals surface area contributed by atoms with Crippen molar-refractivity contribution in [3.8, 4) is 0 Å². The van der Waals surface area contributed by atoms with E-state index in [1.54, 1.807) is 0 Å². The van der Waals surface area contributed by atoms with Crippen LogP contribution in [0.2, 0.25) is 0 Å². The molecule has 0 N–H and O–H groups in total. The van der Waals surface area contributed by atoms with Crippen molar-refractivity contribution in [3.05, 3.63) is 13.8 Å². The van der Waals surface area contributed by atoms with Gasteiger partial charge in [-0.15, -0.1) is 0 Å². The first-order valence-corrected chi connectivity index (χ1v) is 10.4. The zero-order valence-electron chi connectivity index (χ0n) is 15.7. The molecule has 0 heterocycles. The van der Waals surface area contributed by atoms with E-state index in [1.807, 2.05) is 0 Å². The molecule has 0 rings (SSSR count). The van der Waals surface area contributed by atoms with Gasteiger partial charge >= 0.3 is 0 Å². The molecule has 0 saturated heterocycles. The normalized spacial score (nSPS) is 12.7. The second-order valence-corrected chi connectivity index (χ2v) is 7.34. The molecule has 132 valence electrons. The maximum atomic E-state index is 3.92. The van der Waals surface area contributed by atoms with E-state index in [1.165, 1.54) is 103 Å². The Bertz CT molecular complexity index is 184. The summed E-state index contributed by atoms with van der Waals surface area (Å²) < 4.78 is 0. The third kappa shape index (κ3) is 18.1. The lowest BCUT2D eigenvalue weighted by atomic mass is 9.96. The Hall–Kier alpha value is 0. The molecule has 0 fully saturated rings. The van der Waals surface area contributed by atoms with Crippen LogP contribution in [0.1, 0.15) is 122 Å². The summed E-state index contributed by atoms with van der Waals surface area (Å²) in [6.45, 7) is 10.2. The van der Waals surface area contributed by atoms with Crippen molar-refractivity contribution in [2.75, 3.05) is 0 Å². The Balaban J connectivity index is 3.05. The minimum Gasteiger partial charge on any atom is -0.0625 e. The van der Waals surface area contributed by atoms with Gasteiger partial charge in [-0.05, 0) is 5.92 Å². The SMILES string of the molecule is [CH2]CCCCCCCCCCCCCCC(C)CCCC[CH2]. The van der Waals surface area contributed by atoms with Crippen molar-refractivity contribution >= 4 is 0 Å². The Morgan fingerprint density at radius 1 is 0.455 bits per heavy atom. The highest BCUT2D eigenvalue weighted by Gasteiger charge is 2.01. The highest BCUT2D eigenvalue weighted by molar-refractivity contribution is 4.56. The molecule has 0 amide bonds. The minimum absolute atomic E-state index is 0.940. The zero-order chi connectivity index (χ0) is 16.3. The van der Waals surface area contributed by atoms with Crippen molar-refractivity contribution in [3.63, 3.8) is 0 Å². The molecule has 0 aliphatic rings. The van der Waals surface area contributed by atoms with Gasteiger partial charge in [0.25, 0.3) is 0 Å². The van der Waals surface area contributed by atoms with Crippen LogP contribution in [0.15, 0.2) is 0 Å². The molecule has 1 atom stereocenters. The standard InChI is InChI=1S/C22H44/c1-4-6-8-9-10-11-12-13-14-15-16-17-19-21-22(3)20-18-7-5-2/h22H,1-2,4-21H2,3H3. The van der Waals surface area contributed by atoms with Crippen LogP contribution in [0, 0.1) is 19.8 Å². The summed E-state index contributed by atoms with van der Waals surface area (Å²) in [5.41, 5.74) is 0. The highest BCUT2D eigenvalue weighted by Crippen LogP contribution is 2.18. The monoisotopic (exact) mass is 308 g/mol. The minimum atomic E-state index is 0.940. The summed E-state index contributed by atoms with van der Waals surface area (Å²) in [5.74, 6) is 0.940. The zero-order valence-corrected chi connectivity index (χ0v) is 15.7. The Morgan fingerprint density at radius 3 is 1.14 bits per heavy atom. The summed E-state index contributed by atoms with van der Waals surface area (Å²) >= 11 is 0. The van der Waals surface area contributed by atoms with Crippen molar-refractivity contribution in [2.24, 2.45) is 5.92 Å². The van der Waals surface area contributed by atoms with Gasteiger partial charge in [0.2, 0.25) is 0 Å². The van der Waals surface area contributed by atoms with Crippen LogP contribution in [0.3, 0.4) is 0 Å². The molecule has 2 radical (unpaired) electrons. The van der Waals surface area contributed by atoms with E-state index in [4.69, 9.17) is 0 Å². The molecule has 0 heteroatoms. The first-order valence-electron chi connectivity index (χ1n) is 10.4. The smallest absolute Gasteiger partial charge is 0.0443 e. The average molecular weight is 309 g/mol. The summed E-state index contributed by atoms with van der Waals surface area (Å²) in [6.07, 6.45) is 25.1. The molecule has 0 aromatic heterocycles. The van der Waals surface area contributed by atoms with E-state index in [2.05, 4.69) is 20.8 Å². The molecular formula is C22H44. The van der Waals surface area contributed by atoms with Crippen LogP contribution in [0.25, 0.3) is 0 Å². The van der Waals surface area contributed by atoms with Gasteiger partial charge in [0.1, 0.15) is 0 Å². The largest absolute Gasteiger partial charge is 0.0625 e. The van der Waals surface area contributed by atoms with Gasteiger partial charge < -0.3 is 0 Å². The number of unbranched alkanes of at least 4 members (excludes halogenated alkanes) is 14. The van der Waals surface area contributed by atoms with Crippen LogP contribution < -0.4 is 0 Å². The van der Waals surface area contributed by atoms with Crippen molar-refractivity contribution < 1.29 is 0 Å². The molecule has 22 heavy (non-hydrogen) atoms. The average Bonchev–Trinajstić information content (AvgIpc) is 2.52. The second kappa shape index (κ2) is 19.0. The Morgan fingerprint density at radius 2 is 0.727 bits per heavy atom. The van der Waals surface area contributed by atoms with Gasteiger partial charge in [-0.25, -0.2) is 0 Å². The van der Waals surface area contributed by atoms with Gasteiger partial charge in [0, 0.05) is 0 Å².